The molecule has 0 unspecified atom stereocenters. The summed E-state index contributed by atoms with van der Waals surface area (Å²) in [6.07, 6.45) is 0. The Bertz CT molecular complexity index is 587. The molecule has 74 valence electrons. The Kier molecular flexibility index (Phi) is 1.83. The fourth-order valence-corrected chi connectivity index (χ4v) is 2.42. The number of aliphatic imine (C=N–C) groups is 1. The lowest BCUT2D eigenvalue weighted by Gasteiger charge is -2.17. The summed E-state index contributed by atoms with van der Waals surface area (Å²) in [5, 5.41) is 5.68. The summed E-state index contributed by atoms with van der Waals surface area (Å²) in [4.78, 5) is 4.49. The van der Waals surface area contributed by atoms with E-state index in [-0.39, 0.29) is 0 Å². The molecule has 0 amide bonds. The van der Waals surface area contributed by atoms with Gasteiger partial charge in [-0.2, -0.15) is 0 Å². The first-order chi connectivity index (χ1) is 7.25. The number of hydrogen-bond donors (Lipinski definition) is 1. The van der Waals surface area contributed by atoms with Crippen LogP contribution in [0.4, 0.5) is 11.4 Å². The second kappa shape index (κ2) is 3.07. The van der Waals surface area contributed by atoms with Gasteiger partial charge < -0.3 is 5.32 Å². The van der Waals surface area contributed by atoms with Gasteiger partial charge in [-0.25, -0.2) is 4.99 Å². The van der Waals surface area contributed by atoms with E-state index in [9.17, 15) is 0 Å². The largest absolute Gasteiger partial charge is 0.343 e. The first kappa shape index (κ1) is 8.92. The molecule has 0 saturated heterocycles. The van der Waals surface area contributed by atoms with Crippen LogP contribution in [0.25, 0.3) is 10.8 Å². The molecular weight excluding hydrogens is 252 g/mol. The van der Waals surface area contributed by atoms with Crippen LogP contribution in [0.15, 0.2) is 39.8 Å². The topological polar surface area (TPSA) is 24.4 Å². The van der Waals surface area contributed by atoms with E-state index in [1.807, 2.05) is 19.1 Å². The normalized spacial score (nSPS) is 13.6. The molecule has 1 N–H and O–H groups in total. The number of nitrogens with zero attached hydrogens (tertiary/aromatic N) is 1. The van der Waals surface area contributed by atoms with Crippen molar-refractivity contribution in [3.63, 3.8) is 0 Å². The highest BCUT2D eigenvalue weighted by Gasteiger charge is 2.12. The van der Waals surface area contributed by atoms with Crippen molar-refractivity contribution >= 4 is 43.9 Å². The summed E-state index contributed by atoms with van der Waals surface area (Å²) in [5.74, 6) is 0.942. The van der Waals surface area contributed by atoms with Crippen molar-refractivity contribution < 1.29 is 0 Å². The maximum absolute atomic E-state index is 4.49. The number of anilines is 1. The van der Waals surface area contributed by atoms with E-state index >= 15 is 0 Å². The van der Waals surface area contributed by atoms with Crippen LogP contribution in [0, 0.1) is 0 Å². The van der Waals surface area contributed by atoms with Gasteiger partial charge in [0, 0.05) is 20.9 Å². The first-order valence-electron chi connectivity index (χ1n) is 4.79. The van der Waals surface area contributed by atoms with E-state index < -0.39 is 0 Å². The van der Waals surface area contributed by atoms with Crippen LogP contribution in [0.2, 0.25) is 0 Å². The van der Waals surface area contributed by atoms with Crippen molar-refractivity contribution in [2.75, 3.05) is 5.32 Å². The summed E-state index contributed by atoms with van der Waals surface area (Å²) >= 11 is 3.56. The smallest absolute Gasteiger partial charge is 0.103 e. The van der Waals surface area contributed by atoms with Crippen molar-refractivity contribution in [3.8, 4) is 0 Å². The number of halogens is 1. The van der Waals surface area contributed by atoms with Gasteiger partial charge in [0.15, 0.2) is 0 Å². The second-order valence-electron chi connectivity index (χ2n) is 3.62. The van der Waals surface area contributed by atoms with Crippen LogP contribution in [0.5, 0.6) is 0 Å². The Morgan fingerprint density at radius 1 is 1.20 bits per heavy atom. The van der Waals surface area contributed by atoms with Gasteiger partial charge in [0.05, 0.1) is 5.69 Å². The Morgan fingerprint density at radius 3 is 2.93 bits per heavy atom. The zero-order chi connectivity index (χ0) is 10.4. The number of nitrogens with one attached hydrogen (secondary N) is 1. The molecule has 1 aliphatic rings. The lowest BCUT2D eigenvalue weighted by molar-refractivity contribution is 1.46. The lowest BCUT2D eigenvalue weighted by Crippen LogP contribution is -2.10. The molecule has 0 bridgehead atoms. The number of benzene rings is 2. The molecule has 3 rings (SSSR count). The minimum atomic E-state index is 0.942. The van der Waals surface area contributed by atoms with Crippen molar-refractivity contribution in [3.05, 3.63) is 34.8 Å². The van der Waals surface area contributed by atoms with E-state index in [1.54, 1.807) is 0 Å². The summed E-state index contributed by atoms with van der Waals surface area (Å²) in [6.45, 7) is 1.98. The third-order valence-corrected chi connectivity index (χ3v) is 3.26. The molecule has 2 aromatic rings. The zero-order valence-corrected chi connectivity index (χ0v) is 9.80. The van der Waals surface area contributed by atoms with Crippen LogP contribution in [0.1, 0.15) is 6.92 Å². The SMILES string of the molecule is CC1=Nc2ccc(Br)c3cccc(c23)N1. The van der Waals surface area contributed by atoms with Crippen molar-refractivity contribution in [2.24, 2.45) is 4.99 Å². The molecule has 1 aliphatic heterocycles. The predicted octanol–water partition coefficient (Wildman–Crippen LogP) is 4.08. The summed E-state index contributed by atoms with van der Waals surface area (Å²) in [7, 11) is 0. The quantitative estimate of drug-likeness (QED) is 0.759. The molecule has 2 aromatic carbocycles. The van der Waals surface area contributed by atoms with E-state index in [1.165, 1.54) is 10.8 Å². The molecule has 0 radical (unpaired) electrons. The van der Waals surface area contributed by atoms with Crippen LogP contribution < -0.4 is 5.32 Å². The minimum Gasteiger partial charge on any atom is -0.343 e. The summed E-state index contributed by atoms with van der Waals surface area (Å²) < 4.78 is 1.11. The third kappa shape index (κ3) is 1.27. The van der Waals surface area contributed by atoms with E-state index in [2.05, 4.69) is 44.4 Å². The van der Waals surface area contributed by atoms with Gasteiger partial charge in [0.2, 0.25) is 0 Å². The second-order valence-corrected chi connectivity index (χ2v) is 4.47. The van der Waals surface area contributed by atoms with Crippen molar-refractivity contribution in [1.82, 2.24) is 0 Å². The van der Waals surface area contributed by atoms with Crippen molar-refractivity contribution in [1.29, 1.82) is 0 Å². The Hall–Kier alpha value is -1.35. The lowest BCUT2D eigenvalue weighted by atomic mass is 10.1. The van der Waals surface area contributed by atoms with Gasteiger partial charge in [-0.15, -0.1) is 0 Å². The van der Waals surface area contributed by atoms with Gasteiger partial charge in [0.25, 0.3) is 0 Å². The molecule has 0 fully saturated rings. The fraction of sp³-hybridized carbons (Fsp3) is 0.0833. The number of rotatable bonds is 0. The highest BCUT2D eigenvalue weighted by molar-refractivity contribution is 9.10. The van der Waals surface area contributed by atoms with Crippen molar-refractivity contribution in [2.45, 2.75) is 6.92 Å². The molecule has 0 aliphatic carbocycles. The molecule has 2 nitrogen and oxygen atoms in total. The van der Waals surface area contributed by atoms with Crippen LogP contribution in [0.3, 0.4) is 0 Å². The fourth-order valence-electron chi connectivity index (χ4n) is 1.95. The van der Waals surface area contributed by atoms with Gasteiger partial charge >= 0.3 is 0 Å². The van der Waals surface area contributed by atoms with E-state index in [0.29, 0.717) is 0 Å². The van der Waals surface area contributed by atoms with E-state index in [0.717, 1.165) is 21.7 Å². The first-order valence-corrected chi connectivity index (χ1v) is 5.58. The van der Waals surface area contributed by atoms with Gasteiger partial charge in [-0.3, -0.25) is 0 Å². The Morgan fingerprint density at radius 2 is 2.07 bits per heavy atom. The molecule has 0 atom stereocenters. The average Bonchev–Trinajstić information content (AvgIpc) is 2.23. The Labute approximate surface area is 96.1 Å². The monoisotopic (exact) mass is 260 g/mol. The van der Waals surface area contributed by atoms with E-state index in [4.69, 9.17) is 0 Å². The maximum atomic E-state index is 4.49. The highest BCUT2D eigenvalue weighted by atomic mass is 79.9. The van der Waals surface area contributed by atoms with Crippen LogP contribution >= 0.6 is 15.9 Å². The standard InChI is InChI=1S/C12H9BrN2/c1-7-14-10-4-2-3-8-9(13)5-6-11(15-7)12(8)10/h2-6H,1H3,(H,14,15). The van der Waals surface area contributed by atoms with Gasteiger partial charge in [0.1, 0.15) is 5.84 Å². The molecular formula is C12H9BrN2. The highest BCUT2D eigenvalue weighted by Crippen LogP contribution is 2.38. The number of hydrogen-bond acceptors (Lipinski definition) is 2. The molecule has 3 heteroatoms. The minimum absolute atomic E-state index is 0.942. The summed E-state index contributed by atoms with van der Waals surface area (Å²) in [5.41, 5.74) is 2.18. The average molecular weight is 261 g/mol. The summed E-state index contributed by atoms with van der Waals surface area (Å²) in [6, 6.07) is 10.3. The zero-order valence-electron chi connectivity index (χ0n) is 8.21. The number of amidine groups is 1. The molecule has 0 saturated carbocycles. The molecule has 0 aromatic heterocycles. The molecule has 0 spiro atoms. The third-order valence-electron chi connectivity index (χ3n) is 2.57. The van der Waals surface area contributed by atoms with Gasteiger partial charge in [-0.05, 0) is 25.1 Å². The van der Waals surface area contributed by atoms with Gasteiger partial charge in [-0.1, -0.05) is 28.1 Å². The Balaban J connectivity index is 2.51. The molecule has 15 heavy (non-hydrogen) atoms. The predicted molar refractivity (Wildman–Crippen MR) is 68.0 cm³/mol. The molecule has 1 heterocycles. The van der Waals surface area contributed by atoms with Crippen LogP contribution in [-0.4, -0.2) is 5.84 Å². The van der Waals surface area contributed by atoms with Crippen LogP contribution in [-0.2, 0) is 0 Å². The maximum Gasteiger partial charge on any atom is 0.103 e.